The zero-order valence-corrected chi connectivity index (χ0v) is 20.7. The molecule has 2 aromatic rings. The number of amides is 2. The molecule has 0 bridgehead atoms. The Kier molecular flexibility index (Phi) is 8.33. The van der Waals surface area contributed by atoms with Gasteiger partial charge in [-0.2, -0.15) is 11.8 Å². The number of hydrogen-bond acceptors (Lipinski definition) is 5. The number of alkyl carbamates (subject to hydrolysis) is 1. The molecule has 4 rings (SSSR count). The van der Waals surface area contributed by atoms with Crippen LogP contribution in [0.25, 0.3) is 11.1 Å². The van der Waals surface area contributed by atoms with E-state index in [2.05, 4.69) is 34.9 Å². The van der Waals surface area contributed by atoms with Crippen molar-refractivity contribution in [3.63, 3.8) is 0 Å². The number of carbonyl (C=O) groups is 3. The lowest BCUT2D eigenvalue weighted by Crippen LogP contribution is -2.49. The fourth-order valence-corrected chi connectivity index (χ4v) is 5.39. The Morgan fingerprint density at radius 2 is 1.69 bits per heavy atom. The van der Waals surface area contributed by atoms with Crippen molar-refractivity contribution >= 4 is 29.7 Å². The molecule has 0 heterocycles. The minimum Gasteiger partial charge on any atom is -0.481 e. The number of fused-ring (bicyclic) bond motifs is 3. The summed E-state index contributed by atoms with van der Waals surface area (Å²) >= 11 is 1.57. The van der Waals surface area contributed by atoms with E-state index in [4.69, 9.17) is 4.74 Å². The molecule has 1 fully saturated rings. The Labute approximate surface area is 210 Å². The molecule has 1 saturated carbocycles. The fourth-order valence-electron chi connectivity index (χ4n) is 4.92. The third kappa shape index (κ3) is 5.81. The standard InChI is InChI=1S/C27H32N2O5S/c1-35-14-13-24(25(30)28-15-22(26(31)32)17-7-6-8-17)29-27(33)34-16-23-20-11-4-2-9-18(20)19-10-3-5-12-21(19)23/h2-5,9-12,17,22-24H,6-8,13-16H2,1H3,(H,28,30)(H,29,33)(H,31,32). The minimum absolute atomic E-state index is 0.0644. The van der Waals surface area contributed by atoms with Gasteiger partial charge in [0, 0.05) is 12.5 Å². The predicted octanol–water partition coefficient (Wildman–Crippen LogP) is 4.26. The first-order valence-corrected chi connectivity index (χ1v) is 13.5. The van der Waals surface area contributed by atoms with Gasteiger partial charge in [0.15, 0.2) is 0 Å². The number of nitrogens with one attached hydrogen (secondary N) is 2. The molecule has 8 heteroatoms. The first kappa shape index (κ1) is 25.1. The Bertz CT molecular complexity index is 1030. The summed E-state index contributed by atoms with van der Waals surface area (Å²) in [5.74, 6) is -1.15. The number of benzene rings is 2. The topological polar surface area (TPSA) is 105 Å². The van der Waals surface area contributed by atoms with Crippen molar-refractivity contribution in [2.45, 2.75) is 37.6 Å². The molecule has 0 saturated heterocycles. The highest BCUT2D eigenvalue weighted by Gasteiger charge is 2.34. The molecular weight excluding hydrogens is 464 g/mol. The summed E-state index contributed by atoms with van der Waals surface area (Å²) in [4.78, 5) is 37.2. The van der Waals surface area contributed by atoms with Gasteiger partial charge in [-0.25, -0.2) is 4.79 Å². The number of carboxylic acids is 1. The van der Waals surface area contributed by atoms with E-state index in [-0.39, 0.29) is 30.9 Å². The first-order chi connectivity index (χ1) is 17.0. The molecule has 0 spiro atoms. The number of carboxylic acid groups (broad SMARTS) is 1. The third-order valence-corrected chi connectivity index (χ3v) is 7.74. The van der Waals surface area contributed by atoms with Gasteiger partial charge in [0.1, 0.15) is 12.6 Å². The van der Waals surface area contributed by atoms with E-state index >= 15 is 0 Å². The molecule has 2 unspecified atom stereocenters. The van der Waals surface area contributed by atoms with Crippen LogP contribution in [0.5, 0.6) is 0 Å². The van der Waals surface area contributed by atoms with E-state index in [1.165, 1.54) is 0 Å². The van der Waals surface area contributed by atoms with Crippen molar-refractivity contribution in [1.29, 1.82) is 0 Å². The highest BCUT2D eigenvalue weighted by Crippen LogP contribution is 2.44. The lowest BCUT2D eigenvalue weighted by atomic mass is 9.76. The quantitative estimate of drug-likeness (QED) is 0.429. The van der Waals surface area contributed by atoms with Crippen LogP contribution in [0.4, 0.5) is 4.79 Å². The maximum Gasteiger partial charge on any atom is 0.407 e. The van der Waals surface area contributed by atoms with Crippen LogP contribution in [-0.2, 0) is 14.3 Å². The Balaban J connectivity index is 1.35. The number of hydrogen-bond donors (Lipinski definition) is 3. The SMILES string of the molecule is CSCCC(NC(=O)OCC1c2ccccc2-c2ccccc21)C(=O)NCC(C(=O)O)C1CCC1. The second-order valence-corrected chi connectivity index (χ2v) is 10.2. The second kappa shape index (κ2) is 11.6. The molecular formula is C27H32N2O5S. The van der Waals surface area contributed by atoms with Crippen LogP contribution in [0.3, 0.4) is 0 Å². The average Bonchev–Trinajstić information content (AvgIpc) is 3.15. The van der Waals surface area contributed by atoms with Crippen molar-refractivity contribution in [2.24, 2.45) is 11.8 Å². The van der Waals surface area contributed by atoms with Gasteiger partial charge in [-0.05, 0) is 59.4 Å². The molecule has 2 aliphatic carbocycles. The molecule has 2 amide bonds. The molecule has 35 heavy (non-hydrogen) atoms. The van der Waals surface area contributed by atoms with Crippen LogP contribution in [0, 0.1) is 11.8 Å². The van der Waals surface area contributed by atoms with E-state index in [0.29, 0.717) is 12.2 Å². The van der Waals surface area contributed by atoms with Gasteiger partial charge in [0.25, 0.3) is 0 Å². The normalized spacial score (nSPS) is 16.4. The van der Waals surface area contributed by atoms with Crippen LogP contribution in [0.1, 0.15) is 42.7 Å². The van der Waals surface area contributed by atoms with E-state index in [1.54, 1.807) is 11.8 Å². The average molecular weight is 497 g/mol. The Hall–Kier alpha value is -3.00. The Morgan fingerprint density at radius 1 is 1.06 bits per heavy atom. The zero-order valence-electron chi connectivity index (χ0n) is 19.9. The van der Waals surface area contributed by atoms with Gasteiger partial charge in [0.2, 0.25) is 5.91 Å². The zero-order chi connectivity index (χ0) is 24.8. The van der Waals surface area contributed by atoms with Crippen LogP contribution < -0.4 is 10.6 Å². The first-order valence-electron chi connectivity index (χ1n) is 12.1. The van der Waals surface area contributed by atoms with E-state index in [0.717, 1.165) is 41.5 Å². The molecule has 186 valence electrons. The summed E-state index contributed by atoms with van der Waals surface area (Å²) < 4.78 is 5.60. The number of aliphatic carboxylic acids is 1. The van der Waals surface area contributed by atoms with Crippen molar-refractivity contribution in [3.8, 4) is 11.1 Å². The van der Waals surface area contributed by atoms with Crippen LogP contribution >= 0.6 is 11.8 Å². The van der Waals surface area contributed by atoms with Crippen molar-refractivity contribution in [3.05, 3.63) is 59.7 Å². The molecule has 2 atom stereocenters. The molecule has 0 aliphatic heterocycles. The summed E-state index contributed by atoms with van der Waals surface area (Å²) in [6.07, 6.45) is 4.49. The smallest absolute Gasteiger partial charge is 0.407 e. The largest absolute Gasteiger partial charge is 0.481 e. The molecule has 0 aromatic heterocycles. The lowest BCUT2D eigenvalue weighted by molar-refractivity contribution is -0.144. The lowest BCUT2D eigenvalue weighted by Gasteiger charge is -2.31. The molecule has 2 aliphatic rings. The van der Waals surface area contributed by atoms with Gasteiger partial charge in [-0.1, -0.05) is 55.0 Å². The van der Waals surface area contributed by atoms with Gasteiger partial charge < -0.3 is 20.5 Å². The maximum absolute atomic E-state index is 12.8. The molecule has 0 radical (unpaired) electrons. The van der Waals surface area contributed by atoms with Gasteiger partial charge in [-0.3, -0.25) is 9.59 Å². The van der Waals surface area contributed by atoms with Crippen molar-refractivity contribution in [1.82, 2.24) is 10.6 Å². The minimum atomic E-state index is -0.889. The van der Waals surface area contributed by atoms with Crippen molar-refractivity contribution < 1.29 is 24.2 Å². The number of rotatable bonds is 11. The van der Waals surface area contributed by atoms with E-state index in [1.807, 2.05) is 30.5 Å². The highest BCUT2D eigenvalue weighted by molar-refractivity contribution is 7.98. The summed E-state index contributed by atoms with van der Waals surface area (Å²) in [6.45, 7) is 0.237. The van der Waals surface area contributed by atoms with Crippen molar-refractivity contribution in [2.75, 3.05) is 25.2 Å². The number of ether oxygens (including phenoxy) is 1. The van der Waals surface area contributed by atoms with E-state index < -0.39 is 24.0 Å². The number of thioether (sulfide) groups is 1. The monoisotopic (exact) mass is 496 g/mol. The molecule has 2 aromatic carbocycles. The Morgan fingerprint density at radius 3 is 2.23 bits per heavy atom. The second-order valence-electron chi connectivity index (χ2n) is 9.18. The summed E-state index contributed by atoms with van der Waals surface area (Å²) in [7, 11) is 0. The van der Waals surface area contributed by atoms with Crippen LogP contribution in [0.15, 0.2) is 48.5 Å². The van der Waals surface area contributed by atoms with E-state index in [9.17, 15) is 19.5 Å². The van der Waals surface area contributed by atoms with Gasteiger partial charge >= 0.3 is 12.1 Å². The maximum atomic E-state index is 12.8. The van der Waals surface area contributed by atoms with Crippen LogP contribution in [-0.4, -0.2) is 54.3 Å². The number of carbonyl (C=O) groups excluding carboxylic acids is 2. The predicted molar refractivity (Wildman–Crippen MR) is 136 cm³/mol. The summed E-state index contributed by atoms with van der Waals surface area (Å²) in [5, 5.41) is 15.0. The van der Waals surface area contributed by atoms with Gasteiger partial charge in [0.05, 0.1) is 5.92 Å². The highest BCUT2D eigenvalue weighted by atomic mass is 32.2. The van der Waals surface area contributed by atoms with Gasteiger partial charge in [-0.15, -0.1) is 0 Å². The fraction of sp³-hybridized carbons (Fsp3) is 0.444. The summed E-state index contributed by atoms with van der Waals surface area (Å²) in [5.41, 5.74) is 4.53. The molecule has 7 nitrogen and oxygen atoms in total. The summed E-state index contributed by atoms with van der Waals surface area (Å²) in [6, 6.07) is 15.4. The van der Waals surface area contributed by atoms with Crippen LogP contribution in [0.2, 0.25) is 0 Å². The third-order valence-electron chi connectivity index (χ3n) is 7.10. The molecule has 3 N–H and O–H groups in total.